The number of hydrogen-bond donors (Lipinski definition) is 1. The van der Waals surface area contributed by atoms with E-state index < -0.39 is 11.0 Å². The van der Waals surface area contributed by atoms with Gasteiger partial charge in [-0.05, 0) is 48.2 Å². The van der Waals surface area contributed by atoms with Gasteiger partial charge in [0, 0.05) is 22.1 Å². The van der Waals surface area contributed by atoms with E-state index in [-0.39, 0.29) is 5.91 Å². The average Bonchev–Trinajstić information content (AvgIpc) is 2.57. The van der Waals surface area contributed by atoms with Crippen LogP contribution in [0, 0.1) is 0 Å². The molecule has 9 heteroatoms. The zero-order chi connectivity index (χ0) is 19.3. The van der Waals surface area contributed by atoms with Crippen LogP contribution in [0.25, 0.3) is 10.9 Å². The minimum Gasteiger partial charge on any atom is -0.470 e. The molecule has 1 aromatic carbocycles. The van der Waals surface area contributed by atoms with Crippen LogP contribution in [0.15, 0.2) is 34.0 Å². The molecule has 1 unspecified atom stereocenters. The summed E-state index contributed by atoms with van der Waals surface area (Å²) in [4.78, 5) is 21.5. The van der Waals surface area contributed by atoms with Crippen LogP contribution in [0.5, 0.6) is 5.75 Å². The molecule has 1 amide bonds. The molecule has 0 saturated carbocycles. The summed E-state index contributed by atoms with van der Waals surface area (Å²) in [6, 6.07) is 5.34. The molecule has 2 rings (SSSR count). The molecule has 6 nitrogen and oxygen atoms in total. The van der Waals surface area contributed by atoms with Gasteiger partial charge in [0.05, 0.1) is 22.3 Å². The lowest BCUT2D eigenvalue weighted by Gasteiger charge is -2.24. The number of hydrogen-bond acceptors (Lipinski definition) is 6. The highest BCUT2D eigenvalue weighted by Gasteiger charge is 2.26. The predicted molar refractivity (Wildman–Crippen MR) is 110 cm³/mol. The quantitative estimate of drug-likeness (QED) is 0.380. The Morgan fingerprint density at radius 1 is 1.46 bits per heavy atom. The number of carbonyl (C=O) groups is 1. The molecule has 0 radical (unpaired) electrons. The highest BCUT2D eigenvalue weighted by molar-refractivity contribution is 9.10. The standard InChI is InChI=1S/C17H19BrClN3O3S/c1-17(2,9-21-24-3)22-15(23)16(26-4)25-12-6-10-5-11(18)8-20-14(10)13(19)7-12/h5-9,16H,1-4H3,(H,22,23). The van der Waals surface area contributed by atoms with Crippen molar-refractivity contribution in [3.63, 3.8) is 0 Å². The van der Waals surface area contributed by atoms with Gasteiger partial charge < -0.3 is 14.9 Å². The van der Waals surface area contributed by atoms with E-state index in [1.54, 1.807) is 38.4 Å². The Bertz CT molecular complexity index is 832. The van der Waals surface area contributed by atoms with E-state index >= 15 is 0 Å². The Hall–Kier alpha value is -1.51. The number of rotatable bonds is 7. The Morgan fingerprint density at radius 3 is 2.85 bits per heavy atom. The van der Waals surface area contributed by atoms with Crippen LogP contribution in [0.1, 0.15) is 13.8 Å². The van der Waals surface area contributed by atoms with Crippen molar-refractivity contribution >= 4 is 62.3 Å². The Balaban J connectivity index is 2.20. The van der Waals surface area contributed by atoms with Crippen molar-refractivity contribution in [3.05, 3.63) is 33.9 Å². The first-order chi connectivity index (χ1) is 12.3. The first kappa shape index (κ1) is 20.8. The monoisotopic (exact) mass is 459 g/mol. The fraction of sp³-hybridized carbons (Fsp3) is 0.353. The molecular formula is C17H19BrClN3O3S. The first-order valence-corrected chi connectivity index (χ1v) is 10.1. The smallest absolute Gasteiger partial charge is 0.272 e. The minimum atomic E-state index is -0.751. The SMILES string of the molecule is CON=CC(C)(C)NC(=O)C(Oc1cc(Cl)c2ncc(Br)cc2c1)SC. The van der Waals surface area contributed by atoms with Crippen LogP contribution in [0.4, 0.5) is 0 Å². The van der Waals surface area contributed by atoms with E-state index in [9.17, 15) is 4.79 Å². The van der Waals surface area contributed by atoms with Crippen LogP contribution in [0.2, 0.25) is 5.02 Å². The second kappa shape index (κ2) is 8.92. The molecule has 0 bridgehead atoms. The summed E-state index contributed by atoms with van der Waals surface area (Å²) in [5, 5.41) is 7.83. The third kappa shape index (κ3) is 5.49. The Labute approximate surface area is 169 Å². The van der Waals surface area contributed by atoms with E-state index in [0.29, 0.717) is 16.3 Å². The van der Waals surface area contributed by atoms with Crippen molar-refractivity contribution in [1.82, 2.24) is 10.3 Å². The number of pyridine rings is 1. The molecule has 0 spiro atoms. The van der Waals surface area contributed by atoms with Crippen LogP contribution in [-0.2, 0) is 9.63 Å². The molecule has 0 fully saturated rings. The maximum absolute atomic E-state index is 12.5. The molecular weight excluding hydrogens is 442 g/mol. The summed E-state index contributed by atoms with van der Waals surface area (Å²) in [7, 11) is 1.44. The zero-order valence-electron chi connectivity index (χ0n) is 14.7. The molecule has 0 aliphatic rings. The van der Waals surface area contributed by atoms with E-state index in [1.807, 2.05) is 6.07 Å². The largest absolute Gasteiger partial charge is 0.470 e. The van der Waals surface area contributed by atoms with Crippen LogP contribution < -0.4 is 10.1 Å². The lowest BCUT2D eigenvalue weighted by atomic mass is 10.1. The summed E-state index contributed by atoms with van der Waals surface area (Å²) in [5.41, 5.74) is -0.761. The normalized spacial score (nSPS) is 13.0. The average molecular weight is 461 g/mol. The highest BCUT2D eigenvalue weighted by Crippen LogP contribution is 2.30. The maximum Gasteiger partial charge on any atom is 0.272 e. The van der Waals surface area contributed by atoms with Crippen LogP contribution >= 0.6 is 39.3 Å². The third-order valence-corrected chi connectivity index (χ3v) is 4.73. The lowest BCUT2D eigenvalue weighted by Crippen LogP contribution is -2.49. The van der Waals surface area contributed by atoms with Gasteiger partial charge in [-0.2, -0.15) is 0 Å². The Kier molecular flexibility index (Phi) is 7.14. The second-order valence-electron chi connectivity index (χ2n) is 5.94. The molecule has 1 N–H and O–H groups in total. The molecule has 140 valence electrons. The Morgan fingerprint density at radius 2 is 2.19 bits per heavy atom. The molecule has 1 heterocycles. The number of fused-ring (bicyclic) bond motifs is 1. The van der Waals surface area contributed by atoms with Gasteiger partial charge in [-0.15, -0.1) is 11.8 Å². The maximum atomic E-state index is 12.5. The summed E-state index contributed by atoms with van der Waals surface area (Å²) in [5.74, 6) is 0.203. The molecule has 2 aromatic rings. The number of oxime groups is 1. The zero-order valence-corrected chi connectivity index (χ0v) is 17.9. The van der Waals surface area contributed by atoms with Gasteiger partial charge in [0.15, 0.2) is 0 Å². The van der Waals surface area contributed by atoms with Crippen molar-refractivity contribution in [2.75, 3.05) is 13.4 Å². The number of amides is 1. The van der Waals surface area contributed by atoms with E-state index in [0.717, 1.165) is 9.86 Å². The number of halogens is 2. The van der Waals surface area contributed by atoms with E-state index in [4.69, 9.17) is 16.3 Å². The lowest BCUT2D eigenvalue weighted by molar-refractivity contribution is -0.125. The van der Waals surface area contributed by atoms with Gasteiger partial charge in [0.2, 0.25) is 5.44 Å². The van der Waals surface area contributed by atoms with Crippen LogP contribution in [-0.4, -0.2) is 41.4 Å². The number of nitrogens with zero attached hydrogens (tertiary/aromatic N) is 2. The number of aromatic nitrogens is 1. The molecule has 1 aromatic heterocycles. The summed E-state index contributed by atoms with van der Waals surface area (Å²) in [6.45, 7) is 3.61. The number of nitrogens with one attached hydrogen (secondary N) is 1. The number of benzene rings is 1. The van der Waals surface area contributed by atoms with Crippen molar-refractivity contribution in [2.24, 2.45) is 5.16 Å². The third-order valence-electron chi connectivity index (χ3n) is 3.27. The van der Waals surface area contributed by atoms with Gasteiger partial charge in [0.25, 0.3) is 5.91 Å². The topological polar surface area (TPSA) is 72.8 Å². The summed E-state index contributed by atoms with van der Waals surface area (Å²) >= 11 is 10.9. The van der Waals surface area contributed by atoms with Crippen molar-refractivity contribution in [3.8, 4) is 5.75 Å². The van der Waals surface area contributed by atoms with E-state index in [2.05, 4.69) is 36.2 Å². The first-order valence-electron chi connectivity index (χ1n) is 7.59. The number of thioether (sulfide) groups is 1. The second-order valence-corrected chi connectivity index (χ2v) is 8.17. The minimum absolute atomic E-state index is 0.284. The van der Waals surface area contributed by atoms with E-state index in [1.165, 1.54) is 25.1 Å². The van der Waals surface area contributed by atoms with Crippen molar-refractivity contribution in [2.45, 2.75) is 24.8 Å². The van der Waals surface area contributed by atoms with Crippen LogP contribution in [0.3, 0.4) is 0 Å². The van der Waals surface area contributed by atoms with Gasteiger partial charge in [-0.1, -0.05) is 16.8 Å². The highest BCUT2D eigenvalue weighted by atomic mass is 79.9. The van der Waals surface area contributed by atoms with Gasteiger partial charge in [0.1, 0.15) is 12.9 Å². The summed E-state index contributed by atoms with van der Waals surface area (Å²) in [6.07, 6.45) is 4.98. The number of ether oxygens (including phenoxy) is 1. The fourth-order valence-electron chi connectivity index (χ4n) is 2.15. The molecule has 1 atom stereocenters. The van der Waals surface area contributed by atoms with Gasteiger partial charge >= 0.3 is 0 Å². The molecule has 0 aliphatic carbocycles. The van der Waals surface area contributed by atoms with Crippen molar-refractivity contribution < 1.29 is 14.4 Å². The number of carbonyl (C=O) groups excluding carboxylic acids is 1. The summed E-state index contributed by atoms with van der Waals surface area (Å²) < 4.78 is 6.68. The molecule has 0 saturated heterocycles. The molecule has 26 heavy (non-hydrogen) atoms. The van der Waals surface area contributed by atoms with Gasteiger partial charge in [-0.3, -0.25) is 9.78 Å². The predicted octanol–water partition coefficient (Wildman–Crippen LogP) is 4.25. The molecule has 0 aliphatic heterocycles. The van der Waals surface area contributed by atoms with Crippen molar-refractivity contribution in [1.29, 1.82) is 0 Å². The van der Waals surface area contributed by atoms with Gasteiger partial charge in [-0.25, -0.2) is 0 Å². The fourth-order valence-corrected chi connectivity index (χ4v) is 3.24.